The zero-order valence-electron chi connectivity index (χ0n) is 15.8. The summed E-state index contributed by atoms with van der Waals surface area (Å²) in [4.78, 5) is 26.3. The summed E-state index contributed by atoms with van der Waals surface area (Å²) in [6, 6.07) is 0. The van der Waals surface area contributed by atoms with Crippen molar-refractivity contribution in [3.8, 4) is 0 Å². The molecule has 0 aromatic carbocycles. The fraction of sp³-hybridized carbons (Fsp3) is 0.556. The predicted octanol–water partition coefficient (Wildman–Crippen LogP) is 4.33. The van der Waals surface area contributed by atoms with Crippen molar-refractivity contribution in [1.29, 1.82) is 0 Å². The summed E-state index contributed by atoms with van der Waals surface area (Å²) in [5.74, 6) is 0.314. The molecule has 27 heavy (non-hydrogen) atoms. The Balaban J connectivity index is 1.76. The van der Waals surface area contributed by atoms with Gasteiger partial charge in [0.05, 0.1) is 17.4 Å². The Labute approximate surface area is 171 Å². The molecule has 146 valence electrons. The first-order valence-electron chi connectivity index (χ1n) is 8.91. The number of nitrogens with one attached hydrogen (secondary N) is 1. The van der Waals surface area contributed by atoms with Crippen molar-refractivity contribution in [2.24, 2.45) is 5.92 Å². The van der Waals surface area contributed by atoms with Crippen LogP contribution in [0.4, 0.5) is 5.00 Å². The largest absolute Gasteiger partial charge is 0.459 e. The molecular formula is C18H23N3O3S3. The van der Waals surface area contributed by atoms with Crippen LogP contribution in [-0.2, 0) is 22.4 Å². The molecule has 0 saturated heterocycles. The molecule has 1 atom stereocenters. The molecule has 0 aliphatic heterocycles. The highest BCUT2D eigenvalue weighted by molar-refractivity contribution is 8.01. The Morgan fingerprint density at radius 1 is 1.33 bits per heavy atom. The SMILES string of the molecule is Cc1nnc(SCC(=O)Nc2sc3c(c2C(=O)OC(C)C)CCC(C)C3)s1. The molecule has 1 aliphatic carbocycles. The van der Waals surface area contributed by atoms with Gasteiger partial charge in [0.1, 0.15) is 10.0 Å². The van der Waals surface area contributed by atoms with E-state index in [2.05, 4.69) is 22.4 Å². The van der Waals surface area contributed by atoms with E-state index >= 15 is 0 Å². The lowest BCUT2D eigenvalue weighted by Gasteiger charge is -2.18. The Morgan fingerprint density at radius 3 is 2.78 bits per heavy atom. The van der Waals surface area contributed by atoms with Crippen molar-refractivity contribution in [1.82, 2.24) is 10.2 Å². The average Bonchev–Trinajstić information content (AvgIpc) is 3.14. The number of aromatic nitrogens is 2. The number of hydrogen-bond donors (Lipinski definition) is 1. The van der Waals surface area contributed by atoms with Crippen molar-refractivity contribution >= 4 is 51.3 Å². The normalized spacial score (nSPS) is 16.3. The molecule has 0 saturated carbocycles. The quantitative estimate of drug-likeness (QED) is 0.548. The topological polar surface area (TPSA) is 81.2 Å². The Morgan fingerprint density at radius 2 is 2.11 bits per heavy atom. The molecule has 1 aliphatic rings. The second-order valence-electron chi connectivity index (χ2n) is 6.93. The molecule has 9 heteroatoms. The highest BCUT2D eigenvalue weighted by Gasteiger charge is 2.29. The molecule has 1 amide bonds. The summed E-state index contributed by atoms with van der Waals surface area (Å²) in [7, 11) is 0. The summed E-state index contributed by atoms with van der Waals surface area (Å²) in [6.07, 6.45) is 2.64. The third kappa shape index (κ3) is 5.08. The van der Waals surface area contributed by atoms with Gasteiger partial charge in [-0.1, -0.05) is 30.0 Å². The van der Waals surface area contributed by atoms with Crippen LogP contribution in [0.5, 0.6) is 0 Å². The molecular weight excluding hydrogens is 402 g/mol. The molecule has 0 spiro atoms. The van der Waals surface area contributed by atoms with Gasteiger partial charge in [0.15, 0.2) is 4.34 Å². The number of fused-ring (bicyclic) bond motifs is 1. The molecule has 0 fully saturated rings. The maximum absolute atomic E-state index is 12.7. The van der Waals surface area contributed by atoms with Gasteiger partial charge in [-0.2, -0.15) is 0 Å². The van der Waals surface area contributed by atoms with Gasteiger partial charge in [-0.3, -0.25) is 4.79 Å². The molecule has 1 N–H and O–H groups in total. The zero-order valence-corrected chi connectivity index (χ0v) is 18.3. The summed E-state index contributed by atoms with van der Waals surface area (Å²) in [6.45, 7) is 7.76. The molecule has 3 rings (SSSR count). The van der Waals surface area contributed by atoms with E-state index in [9.17, 15) is 9.59 Å². The summed E-state index contributed by atoms with van der Waals surface area (Å²) < 4.78 is 6.20. The van der Waals surface area contributed by atoms with E-state index in [0.29, 0.717) is 16.5 Å². The van der Waals surface area contributed by atoms with Gasteiger partial charge in [-0.05, 0) is 51.5 Å². The van der Waals surface area contributed by atoms with Crippen LogP contribution in [0.3, 0.4) is 0 Å². The Bertz CT molecular complexity index is 844. The van der Waals surface area contributed by atoms with Crippen molar-refractivity contribution in [3.63, 3.8) is 0 Å². The molecule has 2 aromatic rings. The minimum Gasteiger partial charge on any atom is -0.459 e. The minimum absolute atomic E-state index is 0.155. The van der Waals surface area contributed by atoms with Crippen molar-refractivity contribution in [2.75, 3.05) is 11.1 Å². The maximum Gasteiger partial charge on any atom is 0.341 e. The van der Waals surface area contributed by atoms with Crippen LogP contribution in [0.1, 0.15) is 53.0 Å². The highest BCUT2D eigenvalue weighted by Crippen LogP contribution is 2.40. The van der Waals surface area contributed by atoms with Crippen LogP contribution < -0.4 is 5.32 Å². The number of esters is 1. The second-order valence-corrected chi connectivity index (χ2v) is 10.4. The zero-order chi connectivity index (χ0) is 19.6. The van der Waals surface area contributed by atoms with Gasteiger partial charge in [0, 0.05) is 4.88 Å². The molecule has 1 unspecified atom stereocenters. The number of carbonyl (C=O) groups is 2. The summed E-state index contributed by atoms with van der Waals surface area (Å²) in [5.41, 5.74) is 1.59. The fourth-order valence-corrected chi connectivity index (χ4v) is 5.99. The molecule has 6 nitrogen and oxygen atoms in total. The summed E-state index contributed by atoms with van der Waals surface area (Å²) >= 11 is 4.32. The molecule has 2 heterocycles. The van der Waals surface area contributed by atoms with Gasteiger partial charge in [-0.25, -0.2) is 4.79 Å². The van der Waals surface area contributed by atoms with Crippen molar-refractivity contribution in [3.05, 3.63) is 21.0 Å². The van der Waals surface area contributed by atoms with E-state index in [1.54, 1.807) is 0 Å². The monoisotopic (exact) mass is 425 g/mol. The van der Waals surface area contributed by atoms with E-state index < -0.39 is 0 Å². The number of ether oxygens (including phenoxy) is 1. The smallest absolute Gasteiger partial charge is 0.341 e. The van der Waals surface area contributed by atoms with E-state index in [1.165, 1.54) is 39.3 Å². The lowest BCUT2D eigenvalue weighted by Crippen LogP contribution is -2.19. The number of anilines is 1. The first-order valence-corrected chi connectivity index (χ1v) is 11.5. The third-order valence-electron chi connectivity index (χ3n) is 4.15. The predicted molar refractivity (Wildman–Crippen MR) is 110 cm³/mol. The Kier molecular flexibility index (Phi) is 6.54. The number of thioether (sulfide) groups is 1. The standard InChI is InChI=1S/C18H23N3O3S3/c1-9(2)24-17(23)15-12-6-5-10(3)7-13(12)27-16(15)19-14(22)8-25-18-21-20-11(4)26-18/h9-10H,5-8H2,1-4H3,(H,19,22). The molecule has 2 aromatic heterocycles. The minimum atomic E-state index is -0.347. The number of aryl methyl sites for hydroxylation is 1. The number of amides is 1. The van der Waals surface area contributed by atoms with Gasteiger partial charge < -0.3 is 10.1 Å². The van der Waals surface area contributed by atoms with Crippen LogP contribution >= 0.6 is 34.4 Å². The van der Waals surface area contributed by atoms with E-state index in [4.69, 9.17) is 4.74 Å². The number of hydrogen-bond acceptors (Lipinski definition) is 8. The lowest BCUT2D eigenvalue weighted by atomic mass is 9.88. The Hall–Kier alpha value is -1.45. The van der Waals surface area contributed by atoms with Gasteiger partial charge in [-0.15, -0.1) is 21.5 Å². The maximum atomic E-state index is 12.7. The number of nitrogens with zero attached hydrogens (tertiary/aromatic N) is 2. The van der Waals surface area contributed by atoms with E-state index in [-0.39, 0.29) is 23.7 Å². The third-order valence-corrected chi connectivity index (χ3v) is 7.29. The summed E-state index contributed by atoms with van der Waals surface area (Å²) in [5, 5.41) is 12.4. The van der Waals surface area contributed by atoms with Crippen LogP contribution in [0.15, 0.2) is 4.34 Å². The molecule has 0 radical (unpaired) electrons. The molecule has 0 bridgehead atoms. The van der Waals surface area contributed by atoms with Gasteiger partial charge >= 0.3 is 5.97 Å². The van der Waals surface area contributed by atoms with E-state index in [0.717, 1.165) is 34.2 Å². The van der Waals surface area contributed by atoms with Crippen LogP contribution in [0, 0.1) is 12.8 Å². The van der Waals surface area contributed by atoms with Crippen LogP contribution in [0.2, 0.25) is 0 Å². The van der Waals surface area contributed by atoms with Crippen LogP contribution in [-0.4, -0.2) is 33.9 Å². The lowest BCUT2D eigenvalue weighted by molar-refractivity contribution is -0.113. The first kappa shape index (κ1) is 20.3. The van der Waals surface area contributed by atoms with Gasteiger partial charge in [0.25, 0.3) is 0 Å². The van der Waals surface area contributed by atoms with Crippen LogP contribution in [0.25, 0.3) is 0 Å². The highest BCUT2D eigenvalue weighted by atomic mass is 32.2. The number of thiophene rings is 1. The number of rotatable bonds is 6. The average molecular weight is 426 g/mol. The van der Waals surface area contributed by atoms with Gasteiger partial charge in [0.2, 0.25) is 5.91 Å². The first-order chi connectivity index (χ1) is 12.8. The van der Waals surface area contributed by atoms with E-state index in [1.807, 2.05) is 20.8 Å². The fourth-order valence-electron chi connectivity index (χ4n) is 2.95. The second kappa shape index (κ2) is 8.70. The number of carbonyl (C=O) groups excluding carboxylic acids is 2. The van der Waals surface area contributed by atoms with Crippen molar-refractivity contribution < 1.29 is 14.3 Å². The van der Waals surface area contributed by atoms with Crippen molar-refractivity contribution in [2.45, 2.75) is 57.4 Å².